The van der Waals surface area contributed by atoms with Crippen LogP contribution in [0.15, 0.2) is 36.4 Å². The van der Waals surface area contributed by atoms with Gasteiger partial charge in [-0.3, -0.25) is 9.80 Å². The van der Waals surface area contributed by atoms with Gasteiger partial charge in [0.25, 0.3) is 0 Å². The molecule has 2 atom stereocenters. The molecule has 0 unspecified atom stereocenters. The number of rotatable bonds is 4. The zero-order chi connectivity index (χ0) is 22.7. The summed E-state index contributed by atoms with van der Waals surface area (Å²) in [6.07, 6.45) is 2.38. The second-order valence-electron chi connectivity index (χ2n) is 8.45. The molecule has 3 heterocycles. The summed E-state index contributed by atoms with van der Waals surface area (Å²) in [5.74, 6) is -2.51. The van der Waals surface area contributed by atoms with E-state index in [0.29, 0.717) is 30.3 Å². The molecule has 7 heteroatoms. The highest BCUT2D eigenvalue weighted by Gasteiger charge is 2.42. The number of carboxylic acids is 2. The number of nitrogens with zero attached hydrogens (tertiary/aromatic N) is 3. The number of hydrogen-bond donors (Lipinski definition) is 2. The number of para-hydroxylation sites is 1. The maximum absolute atomic E-state index is 9.55. The quantitative estimate of drug-likeness (QED) is 0.726. The van der Waals surface area contributed by atoms with Crippen LogP contribution in [0.2, 0.25) is 0 Å². The minimum absolute atomic E-state index is 0.553. The van der Waals surface area contributed by atoms with Gasteiger partial charge in [-0.2, -0.15) is 0 Å². The van der Waals surface area contributed by atoms with Crippen LogP contribution in [0.1, 0.15) is 44.5 Å². The van der Waals surface area contributed by atoms with Crippen molar-refractivity contribution in [2.24, 2.45) is 0 Å². The second kappa shape index (κ2) is 9.66. The van der Waals surface area contributed by atoms with Gasteiger partial charge in [-0.15, -0.1) is 0 Å². The molecule has 0 amide bonds. The molecule has 168 valence electrons. The maximum Gasteiger partial charge on any atom is 0.328 e. The highest BCUT2D eigenvalue weighted by molar-refractivity contribution is 5.89. The molecule has 2 N–H and O–H groups in total. The molecule has 7 nitrogen and oxygen atoms in total. The topological polar surface area (TPSA) is 86.0 Å². The van der Waals surface area contributed by atoms with Gasteiger partial charge in [0, 0.05) is 60.5 Å². The number of aliphatic carboxylic acids is 2. The monoisotopic (exact) mass is 427 g/mol. The zero-order valence-electron chi connectivity index (χ0n) is 18.8. The van der Waals surface area contributed by atoms with E-state index in [1.54, 1.807) is 5.69 Å². The first-order valence-corrected chi connectivity index (χ1v) is 11.0. The Morgan fingerprint density at radius 2 is 1.74 bits per heavy atom. The molecular formula is C24H33N3O4. The lowest BCUT2D eigenvalue weighted by Crippen LogP contribution is -2.58. The van der Waals surface area contributed by atoms with Crippen LogP contribution < -0.4 is 0 Å². The van der Waals surface area contributed by atoms with Crippen molar-refractivity contribution in [2.45, 2.75) is 58.8 Å². The minimum atomic E-state index is -1.26. The summed E-state index contributed by atoms with van der Waals surface area (Å²) < 4.78 is 2.61. The summed E-state index contributed by atoms with van der Waals surface area (Å²) in [4.78, 5) is 24.6. The number of carbonyl (C=O) groups is 2. The van der Waals surface area contributed by atoms with Crippen molar-refractivity contribution in [1.29, 1.82) is 0 Å². The fourth-order valence-electron chi connectivity index (χ4n) is 5.17. The van der Waals surface area contributed by atoms with Crippen LogP contribution in [-0.4, -0.2) is 68.2 Å². The first-order valence-electron chi connectivity index (χ1n) is 11.0. The Morgan fingerprint density at radius 1 is 1.10 bits per heavy atom. The predicted molar refractivity (Wildman–Crippen MR) is 121 cm³/mol. The molecular weight excluding hydrogens is 394 g/mol. The van der Waals surface area contributed by atoms with Gasteiger partial charge in [-0.05, 0) is 45.4 Å². The van der Waals surface area contributed by atoms with Crippen LogP contribution in [0.5, 0.6) is 0 Å². The van der Waals surface area contributed by atoms with Crippen LogP contribution in [0.4, 0.5) is 0 Å². The second-order valence-corrected chi connectivity index (χ2v) is 8.45. The van der Waals surface area contributed by atoms with Crippen molar-refractivity contribution in [2.75, 3.05) is 19.6 Å². The van der Waals surface area contributed by atoms with Crippen molar-refractivity contribution < 1.29 is 19.8 Å². The first kappa shape index (κ1) is 23.0. The lowest BCUT2D eigenvalue weighted by Gasteiger charge is -2.51. The Bertz CT molecular complexity index is 963. The average Bonchev–Trinajstić information content (AvgIpc) is 3.04. The Kier molecular flexibility index (Phi) is 7.18. The van der Waals surface area contributed by atoms with Gasteiger partial charge < -0.3 is 14.8 Å². The zero-order valence-corrected chi connectivity index (χ0v) is 18.8. The van der Waals surface area contributed by atoms with E-state index in [1.165, 1.54) is 36.0 Å². The number of likely N-dealkylation sites (N-methyl/N-ethyl adjacent to an activating group) is 1. The third kappa shape index (κ3) is 4.67. The fraction of sp³-hybridized carbons (Fsp3) is 0.500. The molecule has 4 rings (SSSR count). The number of aryl methyl sites for hydroxylation is 2. The van der Waals surface area contributed by atoms with E-state index in [0.717, 1.165) is 13.1 Å². The summed E-state index contributed by atoms with van der Waals surface area (Å²) >= 11 is 0. The number of benzene rings is 1. The van der Waals surface area contributed by atoms with E-state index in [2.05, 4.69) is 66.3 Å². The number of hydrogen-bond acceptors (Lipinski definition) is 4. The SMILES string of the molecule is CCN1CCN(C(C)C)[C@H]2CCn3c(c(C)c4ccccc43)[C@@H]21.O=C(O)/C=C\C(=O)O. The minimum Gasteiger partial charge on any atom is -0.478 e. The smallest absolute Gasteiger partial charge is 0.328 e. The van der Waals surface area contributed by atoms with Crippen molar-refractivity contribution in [3.8, 4) is 0 Å². The molecule has 1 aromatic carbocycles. The standard InChI is InChI=1S/C20H29N3.C4H4O4/c1-5-21-12-13-22(14(2)3)18-10-11-23-17-9-7-6-8-16(17)15(4)19(23)20(18)21;5-3(6)1-2-4(7)8/h6-9,14,18,20H,5,10-13H2,1-4H3;1-2H,(H,5,6)(H,7,8)/b;2-1-/t18-,20+;/m0./s1. The van der Waals surface area contributed by atoms with Gasteiger partial charge in [-0.1, -0.05) is 25.1 Å². The van der Waals surface area contributed by atoms with Gasteiger partial charge in [-0.25, -0.2) is 9.59 Å². The third-order valence-corrected chi connectivity index (χ3v) is 6.47. The average molecular weight is 428 g/mol. The van der Waals surface area contributed by atoms with Gasteiger partial charge in [0.2, 0.25) is 0 Å². The number of piperazine rings is 1. The predicted octanol–water partition coefficient (Wildman–Crippen LogP) is 3.52. The van der Waals surface area contributed by atoms with Gasteiger partial charge in [0.1, 0.15) is 0 Å². The Labute approximate surface area is 183 Å². The number of carboxylic acid groups (broad SMARTS) is 2. The number of aromatic nitrogens is 1. The van der Waals surface area contributed by atoms with E-state index in [4.69, 9.17) is 10.2 Å². The highest BCUT2D eigenvalue weighted by Crippen LogP contribution is 2.42. The molecule has 2 aromatic rings. The van der Waals surface area contributed by atoms with E-state index in [1.807, 2.05) is 0 Å². The van der Waals surface area contributed by atoms with Crippen LogP contribution in [0, 0.1) is 6.92 Å². The van der Waals surface area contributed by atoms with Gasteiger partial charge in [0.15, 0.2) is 0 Å². The normalized spacial score (nSPS) is 21.6. The summed E-state index contributed by atoms with van der Waals surface area (Å²) in [6, 6.07) is 10.8. The van der Waals surface area contributed by atoms with Gasteiger partial charge in [0.05, 0.1) is 6.04 Å². The lowest BCUT2D eigenvalue weighted by molar-refractivity contribution is -0.134. The molecule has 0 radical (unpaired) electrons. The molecule has 2 aliphatic heterocycles. The molecule has 0 bridgehead atoms. The molecule has 31 heavy (non-hydrogen) atoms. The van der Waals surface area contributed by atoms with E-state index < -0.39 is 11.9 Å². The van der Waals surface area contributed by atoms with E-state index >= 15 is 0 Å². The van der Waals surface area contributed by atoms with Crippen molar-refractivity contribution in [1.82, 2.24) is 14.4 Å². The summed E-state index contributed by atoms with van der Waals surface area (Å²) in [6.45, 7) is 14.1. The van der Waals surface area contributed by atoms with Crippen LogP contribution in [0.25, 0.3) is 10.9 Å². The molecule has 1 fully saturated rings. The molecule has 0 aliphatic carbocycles. The summed E-state index contributed by atoms with van der Waals surface area (Å²) in [5.41, 5.74) is 4.50. The lowest BCUT2D eigenvalue weighted by atomic mass is 9.89. The molecule has 2 aliphatic rings. The van der Waals surface area contributed by atoms with E-state index in [-0.39, 0.29) is 0 Å². The van der Waals surface area contributed by atoms with E-state index in [9.17, 15) is 9.59 Å². The fourth-order valence-corrected chi connectivity index (χ4v) is 5.17. The molecule has 1 saturated heterocycles. The van der Waals surface area contributed by atoms with Crippen molar-refractivity contribution >= 4 is 22.8 Å². The molecule has 0 spiro atoms. The van der Waals surface area contributed by atoms with Crippen molar-refractivity contribution in [3.05, 3.63) is 47.7 Å². The van der Waals surface area contributed by atoms with Gasteiger partial charge >= 0.3 is 11.9 Å². The Hall–Kier alpha value is -2.64. The van der Waals surface area contributed by atoms with Crippen LogP contribution in [0.3, 0.4) is 0 Å². The number of fused-ring (bicyclic) bond motifs is 5. The third-order valence-electron chi connectivity index (χ3n) is 6.47. The molecule has 1 aromatic heterocycles. The summed E-state index contributed by atoms with van der Waals surface area (Å²) in [5, 5.41) is 17.1. The Morgan fingerprint density at radius 3 is 2.32 bits per heavy atom. The first-order chi connectivity index (χ1) is 14.8. The maximum atomic E-state index is 9.55. The van der Waals surface area contributed by atoms with Crippen LogP contribution >= 0.6 is 0 Å². The summed E-state index contributed by atoms with van der Waals surface area (Å²) in [7, 11) is 0. The Balaban J connectivity index is 0.000000293. The largest absolute Gasteiger partial charge is 0.478 e. The highest BCUT2D eigenvalue weighted by atomic mass is 16.4. The van der Waals surface area contributed by atoms with Crippen LogP contribution in [-0.2, 0) is 16.1 Å². The van der Waals surface area contributed by atoms with Crippen molar-refractivity contribution in [3.63, 3.8) is 0 Å². The molecule has 0 saturated carbocycles.